The van der Waals surface area contributed by atoms with Gasteiger partial charge in [0.15, 0.2) is 0 Å². The van der Waals surface area contributed by atoms with E-state index < -0.39 is 0 Å². The standard InChI is InChI=1S/C10H15N3/c1-6-9-7(2)11-8(3)12-10(9)13(4)5/h6H,2H2,1,3-5H3/b9-6+. The first-order valence-electron chi connectivity index (χ1n) is 4.23. The van der Waals surface area contributed by atoms with Crippen LogP contribution in [0.15, 0.2) is 0 Å². The number of aryl methyl sites for hydroxylation is 1. The summed E-state index contributed by atoms with van der Waals surface area (Å²) in [6.45, 7) is 7.73. The van der Waals surface area contributed by atoms with Gasteiger partial charge in [-0.05, 0) is 13.8 Å². The lowest BCUT2D eigenvalue weighted by atomic mass is 10.3. The molecule has 13 heavy (non-hydrogen) atoms. The van der Waals surface area contributed by atoms with Gasteiger partial charge in [-0.3, -0.25) is 0 Å². The summed E-state index contributed by atoms with van der Waals surface area (Å²) >= 11 is 0. The van der Waals surface area contributed by atoms with Crippen molar-refractivity contribution in [1.29, 1.82) is 0 Å². The van der Waals surface area contributed by atoms with E-state index in [1.54, 1.807) is 0 Å². The lowest BCUT2D eigenvalue weighted by Crippen LogP contribution is -2.34. The number of anilines is 1. The summed E-state index contributed by atoms with van der Waals surface area (Å²) in [6.07, 6.45) is 1.98. The van der Waals surface area contributed by atoms with Crippen molar-refractivity contribution in [2.24, 2.45) is 0 Å². The zero-order valence-corrected chi connectivity index (χ0v) is 8.63. The van der Waals surface area contributed by atoms with E-state index in [4.69, 9.17) is 0 Å². The Morgan fingerprint density at radius 2 is 1.92 bits per heavy atom. The minimum atomic E-state index is 0.763. The molecule has 0 aliphatic carbocycles. The molecule has 0 aromatic carbocycles. The molecule has 70 valence electrons. The normalized spacial score (nSPS) is 11.8. The molecule has 3 nitrogen and oxygen atoms in total. The average molecular weight is 177 g/mol. The van der Waals surface area contributed by atoms with Crippen LogP contribution in [0.2, 0.25) is 0 Å². The van der Waals surface area contributed by atoms with Crippen LogP contribution in [0.1, 0.15) is 12.7 Å². The molecule has 0 saturated heterocycles. The molecule has 3 heteroatoms. The Balaban J connectivity index is 3.59. The molecule has 0 unspecified atom stereocenters. The fourth-order valence-corrected chi connectivity index (χ4v) is 1.26. The van der Waals surface area contributed by atoms with Crippen LogP contribution in [-0.4, -0.2) is 24.1 Å². The Labute approximate surface area is 78.4 Å². The Kier molecular flexibility index (Phi) is 2.66. The molecule has 1 aromatic heterocycles. The quantitative estimate of drug-likeness (QED) is 0.607. The molecular weight excluding hydrogens is 162 g/mol. The molecule has 1 rings (SSSR count). The molecule has 0 spiro atoms. The highest BCUT2D eigenvalue weighted by Crippen LogP contribution is 1.95. The lowest BCUT2D eigenvalue weighted by Gasteiger charge is -2.12. The summed E-state index contributed by atoms with van der Waals surface area (Å²) in [4.78, 5) is 10.5. The van der Waals surface area contributed by atoms with Gasteiger partial charge in [0.1, 0.15) is 11.6 Å². The largest absolute Gasteiger partial charge is 0.362 e. The molecular formula is C10H15N3. The maximum atomic E-state index is 4.35. The number of aromatic nitrogens is 2. The Hall–Kier alpha value is -1.38. The zero-order chi connectivity index (χ0) is 10.0. The van der Waals surface area contributed by atoms with Crippen LogP contribution in [0.3, 0.4) is 0 Å². The number of hydrogen-bond acceptors (Lipinski definition) is 3. The van der Waals surface area contributed by atoms with Gasteiger partial charge in [0.25, 0.3) is 0 Å². The third-order valence-corrected chi connectivity index (χ3v) is 1.83. The maximum Gasteiger partial charge on any atom is 0.139 e. The van der Waals surface area contributed by atoms with Gasteiger partial charge in [-0.15, -0.1) is 0 Å². The second-order valence-electron chi connectivity index (χ2n) is 3.14. The Morgan fingerprint density at radius 1 is 1.31 bits per heavy atom. The zero-order valence-electron chi connectivity index (χ0n) is 8.63. The van der Waals surface area contributed by atoms with Crippen LogP contribution in [0.25, 0.3) is 12.7 Å². The van der Waals surface area contributed by atoms with Crippen molar-refractivity contribution in [3.63, 3.8) is 0 Å². The summed E-state index contributed by atoms with van der Waals surface area (Å²) in [5, 5.41) is 1.80. The monoisotopic (exact) mass is 177 g/mol. The van der Waals surface area contributed by atoms with Gasteiger partial charge in [-0.2, -0.15) is 0 Å². The van der Waals surface area contributed by atoms with E-state index in [0.29, 0.717) is 0 Å². The van der Waals surface area contributed by atoms with Crippen LogP contribution in [-0.2, 0) is 0 Å². The van der Waals surface area contributed by atoms with Gasteiger partial charge in [0, 0.05) is 19.3 Å². The van der Waals surface area contributed by atoms with Gasteiger partial charge in [-0.25, -0.2) is 9.97 Å². The number of hydrogen-bond donors (Lipinski definition) is 0. The fraction of sp³-hybridized carbons (Fsp3) is 0.400. The van der Waals surface area contributed by atoms with Crippen molar-refractivity contribution in [3.05, 3.63) is 16.4 Å². The smallest absolute Gasteiger partial charge is 0.139 e. The van der Waals surface area contributed by atoms with E-state index in [1.807, 2.05) is 38.9 Å². The van der Waals surface area contributed by atoms with E-state index >= 15 is 0 Å². The molecule has 0 amide bonds. The predicted octanol–water partition coefficient (Wildman–Crippen LogP) is 0.0617. The summed E-state index contributed by atoms with van der Waals surface area (Å²) in [6, 6.07) is 0. The maximum absolute atomic E-state index is 4.35. The van der Waals surface area contributed by atoms with Crippen molar-refractivity contribution in [2.75, 3.05) is 19.0 Å². The molecule has 0 aliphatic rings. The Bertz CT molecular complexity index is 407. The van der Waals surface area contributed by atoms with Crippen molar-refractivity contribution < 1.29 is 0 Å². The van der Waals surface area contributed by atoms with Gasteiger partial charge in [-0.1, -0.05) is 12.7 Å². The topological polar surface area (TPSA) is 29.0 Å². The highest BCUT2D eigenvalue weighted by atomic mass is 15.1. The molecule has 0 fully saturated rings. The Morgan fingerprint density at radius 3 is 2.38 bits per heavy atom. The molecule has 0 bridgehead atoms. The van der Waals surface area contributed by atoms with Gasteiger partial charge < -0.3 is 4.90 Å². The number of nitrogens with zero attached hydrogens (tertiary/aromatic N) is 3. The van der Waals surface area contributed by atoms with Crippen LogP contribution >= 0.6 is 0 Å². The van der Waals surface area contributed by atoms with Crippen LogP contribution in [0, 0.1) is 6.92 Å². The van der Waals surface area contributed by atoms with E-state index in [0.717, 1.165) is 22.2 Å². The minimum absolute atomic E-state index is 0.763. The average Bonchev–Trinajstić information content (AvgIpc) is 2.02. The molecule has 1 aromatic rings. The molecule has 1 heterocycles. The fourth-order valence-electron chi connectivity index (χ4n) is 1.26. The highest BCUT2D eigenvalue weighted by Gasteiger charge is 2.01. The van der Waals surface area contributed by atoms with E-state index in [2.05, 4.69) is 16.5 Å². The van der Waals surface area contributed by atoms with Gasteiger partial charge in [0.05, 0.1) is 5.35 Å². The lowest BCUT2D eigenvalue weighted by molar-refractivity contribution is 0.956. The van der Waals surface area contributed by atoms with E-state index in [1.165, 1.54) is 0 Å². The summed E-state index contributed by atoms with van der Waals surface area (Å²) in [7, 11) is 3.93. The first kappa shape index (κ1) is 9.71. The van der Waals surface area contributed by atoms with Crippen LogP contribution in [0.4, 0.5) is 5.82 Å². The molecule has 0 N–H and O–H groups in total. The first-order chi connectivity index (χ1) is 6.06. The van der Waals surface area contributed by atoms with E-state index in [9.17, 15) is 0 Å². The van der Waals surface area contributed by atoms with Crippen LogP contribution in [0.5, 0.6) is 0 Å². The third kappa shape index (κ3) is 1.86. The first-order valence-corrected chi connectivity index (χ1v) is 4.23. The number of rotatable bonds is 1. The molecule has 0 saturated carbocycles. The highest BCUT2D eigenvalue weighted by molar-refractivity contribution is 5.43. The summed E-state index contributed by atoms with van der Waals surface area (Å²) in [5.41, 5.74) is 0. The predicted molar refractivity (Wildman–Crippen MR) is 56.0 cm³/mol. The SMILES string of the molecule is C=c1nc(C)nc(N(C)C)/c1=C/C. The van der Waals surface area contributed by atoms with E-state index in [-0.39, 0.29) is 0 Å². The van der Waals surface area contributed by atoms with Crippen molar-refractivity contribution in [2.45, 2.75) is 13.8 Å². The minimum Gasteiger partial charge on any atom is -0.362 e. The van der Waals surface area contributed by atoms with Crippen molar-refractivity contribution in [3.8, 4) is 0 Å². The van der Waals surface area contributed by atoms with Crippen molar-refractivity contribution in [1.82, 2.24) is 9.97 Å². The second kappa shape index (κ2) is 3.56. The molecule has 0 atom stereocenters. The summed E-state index contributed by atoms with van der Waals surface area (Å²) in [5.74, 6) is 1.69. The van der Waals surface area contributed by atoms with Crippen molar-refractivity contribution >= 4 is 18.5 Å². The second-order valence-corrected chi connectivity index (χ2v) is 3.14. The molecule has 0 radical (unpaired) electrons. The van der Waals surface area contributed by atoms with Gasteiger partial charge >= 0.3 is 0 Å². The third-order valence-electron chi connectivity index (χ3n) is 1.83. The molecule has 0 aliphatic heterocycles. The van der Waals surface area contributed by atoms with Gasteiger partial charge in [0.2, 0.25) is 0 Å². The summed E-state index contributed by atoms with van der Waals surface area (Å²) < 4.78 is 0. The van der Waals surface area contributed by atoms with Crippen LogP contribution < -0.4 is 15.5 Å².